The van der Waals surface area contributed by atoms with Crippen LogP contribution in [0.15, 0.2) is 0 Å². The molecule has 2 rings (SSSR count). The molecule has 2 heterocycles. The quantitative estimate of drug-likeness (QED) is 0.720. The number of hydrogen-bond acceptors (Lipinski definition) is 6. The van der Waals surface area contributed by atoms with Crippen molar-refractivity contribution < 1.29 is 9.59 Å². The molecule has 7 nitrogen and oxygen atoms in total. The van der Waals surface area contributed by atoms with Crippen molar-refractivity contribution in [3.8, 4) is 0 Å². The number of aromatic nitrogens is 1. The molecule has 2 amide bonds. The van der Waals surface area contributed by atoms with E-state index < -0.39 is 0 Å². The van der Waals surface area contributed by atoms with E-state index in [0.717, 1.165) is 18.1 Å². The average molecular weight is 297 g/mol. The van der Waals surface area contributed by atoms with Gasteiger partial charge in [-0.2, -0.15) is 0 Å². The van der Waals surface area contributed by atoms with Gasteiger partial charge in [0.2, 0.25) is 5.91 Å². The zero-order valence-electron chi connectivity index (χ0n) is 11.6. The summed E-state index contributed by atoms with van der Waals surface area (Å²) in [6.07, 6.45) is 1.27. The zero-order chi connectivity index (χ0) is 14.7. The number of thiazole rings is 1. The van der Waals surface area contributed by atoms with E-state index in [-0.39, 0.29) is 23.7 Å². The molecule has 0 aliphatic carbocycles. The van der Waals surface area contributed by atoms with Crippen molar-refractivity contribution in [2.24, 2.45) is 0 Å². The number of nitrogens with two attached hydrogens (primary N) is 1. The summed E-state index contributed by atoms with van der Waals surface area (Å²) in [4.78, 5) is 29.7. The lowest BCUT2D eigenvalue weighted by atomic mass is 10.2. The van der Waals surface area contributed by atoms with E-state index in [2.05, 4.69) is 15.6 Å². The largest absolute Gasteiger partial charge is 0.382 e. The Bertz CT molecular complexity index is 516. The van der Waals surface area contributed by atoms with Crippen molar-refractivity contribution >= 4 is 34.1 Å². The van der Waals surface area contributed by atoms with Crippen LogP contribution in [0.25, 0.3) is 0 Å². The molecule has 1 atom stereocenters. The van der Waals surface area contributed by atoms with Crippen molar-refractivity contribution in [3.63, 3.8) is 0 Å². The molecule has 1 aromatic heterocycles. The fraction of sp³-hybridized carbons (Fsp3) is 0.583. The molecule has 20 heavy (non-hydrogen) atoms. The summed E-state index contributed by atoms with van der Waals surface area (Å²) < 4.78 is 0. The molecule has 8 heteroatoms. The van der Waals surface area contributed by atoms with Gasteiger partial charge in [0.25, 0.3) is 5.91 Å². The first-order chi connectivity index (χ1) is 9.51. The molecule has 1 saturated heterocycles. The Kier molecular flexibility index (Phi) is 4.43. The second kappa shape index (κ2) is 6.08. The van der Waals surface area contributed by atoms with Gasteiger partial charge in [0.05, 0.1) is 0 Å². The van der Waals surface area contributed by atoms with Gasteiger partial charge in [-0.15, -0.1) is 0 Å². The molecular weight excluding hydrogens is 278 g/mol. The number of hydrogen-bond donors (Lipinski definition) is 3. The predicted molar refractivity (Wildman–Crippen MR) is 79.0 cm³/mol. The molecular formula is C12H19N5O2S. The number of amides is 2. The topological polar surface area (TPSA) is 100 Å². The summed E-state index contributed by atoms with van der Waals surface area (Å²) >= 11 is 1.27. The molecule has 1 aliphatic rings. The van der Waals surface area contributed by atoms with Crippen molar-refractivity contribution in [1.29, 1.82) is 0 Å². The minimum absolute atomic E-state index is 0.0124. The number of carbonyl (C=O) groups is 2. The third kappa shape index (κ3) is 3.19. The second-order valence-corrected chi connectivity index (χ2v) is 5.72. The van der Waals surface area contributed by atoms with E-state index in [1.54, 1.807) is 0 Å². The van der Waals surface area contributed by atoms with Gasteiger partial charge in [0, 0.05) is 32.6 Å². The maximum absolute atomic E-state index is 12.1. The van der Waals surface area contributed by atoms with Gasteiger partial charge in [-0.05, 0) is 13.3 Å². The molecule has 0 aromatic carbocycles. The highest BCUT2D eigenvalue weighted by Crippen LogP contribution is 2.27. The van der Waals surface area contributed by atoms with E-state index in [9.17, 15) is 9.59 Å². The molecule has 110 valence electrons. The lowest BCUT2D eigenvalue weighted by molar-refractivity contribution is -0.119. The Labute approximate surface area is 121 Å². The monoisotopic (exact) mass is 297 g/mol. The minimum atomic E-state index is -0.239. The van der Waals surface area contributed by atoms with Crippen LogP contribution in [0, 0.1) is 0 Å². The van der Waals surface area contributed by atoms with Crippen LogP contribution in [-0.2, 0) is 4.79 Å². The van der Waals surface area contributed by atoms with Crippen molar-refractivity contribution in [2.45, 2.75) is 25.8 Å². The molecule has 4 N–H and O–H groups in total. The highest BCUT2D eigenvalue weighted by Gasteiger charge is 2.23. The standard InChI is InChI=1S/C12H19N5O2S/c1-3-17(2)12-16-10(13)9(20-12)11(19)14-6-7-4-5-8(18)15-7/h7H,3-6,13H2,1-2H3,(H,14,19)(H,15,18). The third-order valence-corrected chi connectivity index (χ3v) is 4.43. The second-order valence-electron chi connectivity index (χ2n) is 4.74. The third-order valence-electron chi connectivity index (χ3n) is 3.24. The Morgan fingerprint density at radius 1 is 1.65 bits per heavy atom. The van der Waals surface area contributed by atoms with E-state index in [1.165, 1.54) is 11.3 Å². The van der Waals surface area contributed by atoms with E-state index in [0.29, 0.717) is 17.8 Å². The van der Waals surface area contributed by atoms with Gasteiger partial charge < -0.3 is 21.3 Å². The van der Waals surface area contributed by atoms with Crippen LogP contribution in [0.2, 0.25) is 0 Å². The number of carbonyl (C=O) groups excluding carboxylic acids is 2. The number of rotatable bonds is 5. The molecule has 1 fully saturated rings. The SMILES string of the molecule is CCN(C)c1nc(N)c(C(=O)NCC2CCC(=O)N2)s1. The zero-order valence-corrected chi connectivity index (χ0v) is 12.4. The van der Waals surface area contributed by atoms with Gasteiger partial charge in [0.1, 0.15) is 10.7 Å². The Morgan fingerprint density at radius 2 is 2.40 bits per heavy atom. The van der Waals surface area contributed by atoms with Crippen molar-refractivity contribution in [2.75, 3.05) is 30.8 Å². The van der Waals surface area contributed by atoms with E-state index in [4.69, 9.17) is 5.73 Å². The van der Waals surface area contributed by atoms with Crippen LogP contribution >= 0.6 is 11.3 Å². The molecule has 1 aliphatic heterocycles. The lowest BCUT2D eigenvalue weighted by Crippen LogP contribution is -2.38. The summed E-state index contributed by atoms with van der Waals surface area (Å²) in [5.74, 6) is 0.0450. The summed E-state index contributed by atoms with van der Waals surface area (Å²) in [5, 5.41) is 6.32. The van der Waals surface area contributed by atoms with Crippen molar-refractivity contribution in [1.82, 2.24) is 15.6 Å². The normalized spacial score (nSPS) is 17.9. The van der Waals surface area contributed by atoms with Gasteiger partial charge in [-0.3, -0.25) is 9.59 Å². The highest BCUT2D eigenvalue weighted by molar-refractivity contribution is 7.18. The van der Waals surface area contributed by atoms with E-state index >= 15 is 0 Å². The summed E-state index contributed by atoms with van der Waals surface area (Å²) in [5.41, 5.74) is 5.78. The summed E-state index contributed by atoms with van der Waals surface area (Å²) in [7, 11) is 1.90. The maximum atomic E-state index is 12.1. The Hall–Kier alpha value is -1.83. The van der Waals surface area contributed by atoms with Gasteiger partial charge in [-0.25, -0.2) is 4.98 Å². The fourth-order valence-corrected chi connectivity index (χ4v) is 2.83. The number of nitrogen functional groups attached to an aromatic ring is 1. The molecule has 1 unspecified atom stereocenters. The minimum Gasteiger partial charge on any atom is -0.382 e. The smallest absolute Gasteiger partial charge is 0.265 e. The first-order valence-corrected chi connectivity index (χ1v) is 7.38. The molecule has 0 spiro atoms. The first-order valence-electron chi connectivity index (χ1n) is 6.56. The molecule has 0 bridgehead atoms. The molecule has 0 saturated carbocycles. The van der Waals surface area contributed by atoms with E-state index in [1.807, 2.05) is 18.9 Å². The van der Waals surface area contributed by atoms with Gasteiger partial charge in [-0.1, -0.05) is 11.3 Å². The Balaban J connectivity index is 1.95. The first kappa shape index (κ1) is 14.6. The van der Waals surface area contributed by atoms with Crippen LogP contribution in [0.3, 0.4) is 0 Å². The van der Waals surface area contributed by atoms with Crippen LogP contribution in [0.4, 0.5) is 10.9 Å². The Morgan fingerprint density at radius 3 is 3.00 bits per heavy atom. The van der Waals surface area contributed by atoms with Crippen LogP contribution < -0.4 is 21.3 Å². The molecule has 1 aromatic rings. The summed E-state index contributed by atoms with van der Waals surface area (Å²) in [6.45, 7) is 3.21. The summed E-state index contributed by atoms with van der Waals surface area (Å²) in [6, 6.07) is 0.0124. The molecule has 0 radical (unpaired) electrons. The van der Waals surface area contributed by atoms with Crippen LogP contribution in [0.5, 0.6) is 0 Å². The lowest BCUT2D eigenvalue weighted by Gasteiger charge is -2.11. The van der Waals surface area contributed by atoms with Crippen LogP contribution in [-0.4, -0.2) is 43.0 Å². The van der Waals surface area contributed by atoms with Crippen LogP contribution in [0.1, 0.15) is 29.4 Å². The van der Waals surface area contributed by atoms with Gasteiger partial charge >= 0.3 is 0 Å². The maximum Gasteiger partial charge on any atom is 0.265 e. The number of nitrogens with one attached hydrogen (secondary N) is 2. The average Bonchev–Trinajstić information content (AvgIpc) is 3.01. The number of anilines is 2. The van der Waals surface area contributed by atoms with Gasteiger partial charge in [0.15, 0.2) is 5.13 Å². The fourth-order valence-electron chi connectivity index (χ4n) is 1.91. The highest BCUT2D eigenvalue weighted by atomic mass is 32.1. The van der Waals surface area contributed by atoms with Crippen molar-refractivity contribution in [3.05, 3.63) is 4.88 Å². The predicted octanol–water partition coefficient (Wildman–Crippen LogP) is 0.190. The number of nitrogens with zero attached hydrogens (tertiary/aromatic N) is 2.